The van der Waals surface area contributed by atoms with E-state index in [1.165, 1.54) is 0 Å². The minimum atomic E-state index is -0.590. The van der Waals surface area contributed by atoms with E-state index in [1.807, 2.05) is 57.2 Å². The lowest BCUT2D eigenvalue weighted by atomic mass is 10.1. The Balaban J connectivity index is 1.51. The fourth-order valence-corrected chi connectivity index (χ4v) is 3.69. The Morgan fingerprint density at radius 2 is 1.76 bits per heavy atom. The second kappa shape index (κ2) is 9.36. The van der Waals surface area contributed by atoms with Crippen LogP contribution in [-0.2, 0) is 4.79 Å². The summed E-state index contributed by atoms with van der Waals surface area (Å²) in [5.41, 5.74) is 5.13. The van der Waals surface area contributed by atoms with Crippen LogP contribution in [0.25, 0.3) is 0 Å². The molecule has 0 aliphatic carbocycles. The molecule has 6 nitrogen and oxygen atoms in total. The van der Waals surface area contributed by atoms with Crippen molar-refractivity contribution in [1.82, 2.24) is 0 Å². The van der Waals surface area contributed by atoms with E-state index in [0.29, 0.717) is 35.8 Å². The van der Waals surface area contributed by atoms with Crippen molar-refractivity contribution in [1.29, 1.82) is 0 Å². The number of ether oxygens (including phenoxy) is 2. The Hall–Kier alpha value is -3.80. The quantitative estimate of drug-likeness (QED) is 0.577. The lowest BCUT2D eigenvalue weighted by Crippen LogP contribution is -2.46. The summed E-state index contributed by atoms with van der Waals surface area (Å²) >= 11 is 0. The van der Waals surface area contributed by atoms with Gasteiger partial charge in [-0.05, 0) is 81.3 Å². The summed E-state index contributed by atoms with van der Waals surface area (Å²) in [5.74, 6) is 1.00. The van der Waals surface area contributed by atoms with Gasteiger partial charge in [0, 0.05) is 11.3 Å². The highest BCUT2D eigenvalue weighted by Gasteiger charge is 2.31. The van der Waals surface area contributed by atoms with Crippen molar-refractivity contribution in [2.45, 2.75) is 33.8 Å². The standard InChI is InChI=1S/C27H28N2O4/c1-17-5-10-23(11-6-17)32-14-13-29-24-16-22(9-12-25(24)33-20(4)27(29)31)28-26(30)21-8-7-18(2)19(3)15-21/h5-12,15-16,20H,13-14H2,1-4H3,(H,28,30). The topological polar surface area (TPSA) is 67.9 Å². The summed E-state index contributed by atoms with van der Waals surface area (Å²) in [6, 6.07) is 18.7. The molecule has 170 valence electrons. The van der Waals surface area contributed by atoms with E-state index >= 15 is 0 Å². The Bertz CT molecular complexity index is 1190. The number of anilines is 2. The molecule has 1 aliphatic rings. The molecular formula is C27H28N2O4. The first-order valence-corrected chi connectivity index (χ1v) is 11.0. The SMILES string of the molecule is Cc1ccc(OCCN2C(=O)C(C)Oc3ccc(NC(=O)c4ccc(C)c(C)c4)cc32)cc1. The Labute approximate surface area is 194 Å². The molecule has 0 aromatic heterocycles. The van der Waals surface area contributed by atoms with Crippen molar-refractivity contribution in [3.05, 3.63) is 82.9 Å². The lowest BCUT2D eigenvalue weighted by molar-refractivity contribution is -0.125. The van der Waals surface area contributed by atoms with Crippen molar-refractivity contribution >= 4 is 23.2 Å². The summed E-state index contributed by atoms with van der Waals surface area (Å²) in [7, 11) is 0. The largest absolute Gasteiger partial charge is 0.492 e. The van der Waals surface area contributed by atoms with Crippen molar-refractivity contribution in [3.63, 3.8) is 0 Å². The van der Waals surface area contributed by atoms with E-state index in [0.717, 1.165) is 22.4 Å². The zero-order chi connectivity index (χ0) is 23.5. The second-order valence-electron chi connectivity index (χ2n) is 8.35. The number of nitrogens with zero attached hydrogens (tertiary/aromatic N) is 1. The number of aryl methyl sites for hydroxylation is 3. The van der Waals surface area contributed by atoms with Crippen LogP contribution in [-0.4, -0.2) is 31.1 Å². The lowest BCUT2D eigenvalue weighted by Gasteiger charge is -2.33. The molecule has 6 heteroatoms. The number of nitrogens with one attached hydrogen (secondary N) is 1. The molecule has 1 heterocycles. The van der Waals surface area contributed by atoms with Crippen molar-refractivity contribution in [2.75, 3.05) is 23.4 Å². The Kier molecular flexibility index (Phi) is 6.36. The molecule has 4 rings (SSSR count). The van der Waals surface area contributed by atoms with Crippen LogP contribution in [0.4, 0.5) is 11.4 Å². The monoisotopic (exact) mass is 444 g/mol. The second-order valence-corrected chi connectivity index (χ2v) is 8.35. The predicted octanol–water partition coefficient (Wildman–Crippen LogP) is 5.06. The predicted molar refractivity (Wildman–Crippen MR) is 129 cm³/mol. The number of carbonyl (C=O) groups excluding carboxylic acids is 2. The molecule has 33 heavy (non-hydrogen) atoms. The van der Waals surface area contributed by atoms with Crippen molar-refractivity contribution < 1.29 is 19.1 Å². The number of carbonyl (C=O) groups is 2. The molecule has 0 saturated heterocycles. The van der Waals surface area contributed by atoms with Gasteiger partial charge in [-0.1, -0.05) is 23.8 Å². The van der Waals surface area contributed by atoms with Gasteiger partial charge < -0.3 is 19.7 Å². The van der Waals surface area contributed by atoms with E-state index < -0.39 is 6.10 Å². The van der Waals surface area contributed by atoms with E-state index in [4.69, 9.17) is 9.47 Å². The number of hydrogen-bond acceptors (Lipinski definition) is 4. The van der Waals surface area contributed by atoms with Crippen LogP contribution >= 0.6 is 0 Å². The van der Waals surface area contributed by atoms with Crippen LogP contribution in [0.3, 0.4) is 0 Å². The van der Waals surface area contributed by atoms with Crippen molar-refractivity contribution in [3.8, 4) is 11.5 Å². The molecule has 0 fully saturated rings. The van der Waals surface area contributed by atoms with Gasteiger partial charge in [-0.25, -0.2) is 0 Å². The summed E-state index contributed by atoms with van der Waals surface area (Å²) in [6.45, 7) is 8.43. The van der Waals surface area contributed by atoms with Gasteiger partial charge in [0.15, 0.2) is 6.10 Å². The van der Waals surface area contributed by atoms with E-state index in [2.05, 4.69) is 5.32 Å². The maximum atomic E-state index is 12.9. The van der Waals surface area contributed by atoms with Crippen LogP contribution in [0, 0.1) is 20.8 Å². The fraction of sp³-hybridized carbons (Fsp3) is 0.259. The average Bonchev–Trinajstić information content (AvgIpc) is 2.79. The molecule has 0 radical (unpaired) electrons. The third-order valence-corrected chi connectivity index (χ3v) is 5.80. The zero-order valence-electron chi connectivity index (χ0n) is 19.3. The molecule has 3 aromatic carbocycles. The normalized spacial score (nSPS) is 15.0. The fourth-order valence-electron chi connectivity index (χ4n) is 3.69. The van der Waals surface area contributed by atoms with Gasteiger partial charge in [0.25, 0.3) is 11.8 Å². The number of hydrogen-bond donors (Lipinski definition) is 1. The Morgan fingerprint density at radius 3 is 2.48 bits per heavy atom. The first-order valence-electron chi connectivity index (χ1n) is 11.0. The van der Waals surface area contributed by atoms with E-state index in [-0.39, 0.29) is 11.8 Å². The third kappa shape index (κ3) is 5.00. The first kappa shape index (κ1) is 22.4. The number of fused-ring (bicyclic) bond motifs is 1. The molecule has 0 bridgehead atoms. The van der Waals surface area contributed by atoms with Gasteiger partial charge in [-0.3, -0.25) is 9.59 Å². The van der Waals surface area contributed by atoms with Gasteiger partial charge in [-0.15, -0.1) is 0 Å². The highest BCUT2D eigenvalue weighted by molar-refractivity contribution is 6.06. The highest BCUT2D eigenvalue weighted by atomic mass is 16.5. The zero-order valence-corrected chi connectivity index (χ0v) is 19.3. The van der Waals surface area contributed by atoms with Gasteiger partial charge in [0.1, 0.15) is 18.1 Å². The molecule has 1 atom stereocenters. The van der Waals surface area contributed by atoms with E-state index in [1.54, 1.807) is 36.1 Å². The van der Waals surface area contributed by atoms with Crippen LogP contribution in [0.15, 0.2) is 60.7 Å². The number of benzene rings is 3. The Morgan fingerprint density at radius 1 is 1.00 bits per heavy atom. The number of amides is 2. The van der Waals surface area contributed by atoms with Crippen LogP contribution in [0.5, 0.6) is 11.5 Å². The molecule has 0 saturated carbocycles. The van der Waals surface area contributed by atoms with Crippen LogP contribution in [0.1, 0.15) is 34.0 Å². The van der Waals surface area contributed by atoms with Crippen molar-refractivity contribution in [2.24, 2.45) is 0 Å². The first-order chi connectivity index (χ1) is 15.8. The van der Waals surface area contributed by atoms with Gasteiger partial charge in [-0.2, -0.15) is 0 Å². The smallest absolute Gasteiger partial charge is 0.267 e. The maximum absolute atomic E-state index is 12.9. The highest BCUT2D eigenvalue weighted by Crippen LogP contribution is 2.36. The van der Waals surface area contributed by atoms with Gasteiger partial charge >= 0.3 is 0 Å². The molecule has 0 spiro atoms. The minimum absolute atomic E-state index is 0.146. The third-order valence-electron chi connectivity index (χ3n) is 5.80. The summed E-state index contributed by atoms with van der Waals surface area (Å²) in [5, 5.41) is 2.93. The summed E-state index contributed by atoms with van der Waals surface area (Å²) < 4.78 is 11.6. The molecular weight excluding hydrogens is 416 g/mol. The molecule has 3 aromatic rings. The minimum Gasteiger partial charge on any atom is -0.492 e. The molecule has 2 amide bonds. The van der Waals surface area contributed by atoms with Crippen LogP contribution < -0.4 is 19.7 Å². The van der Waals surface area contributed by atoms with Gasteiger partial charge in [0.05, 0.1) is 12.2 Å². The number of rotatable bonds is 6. The molecule has 1 unspecified atom stereocenters. The van der Waals surface area contributed by atoms with E-state index in [9.17, 15) is 9.59 Å². The summed E-state index contributed by atoms with van der Waals surface area (Å²) in [6.07, 6.45) is -0.590. The summed E-state index contributed by atoms with van der Waals surface area (Å²) in [4.78, 5) is 27.3. The van der Waals surface area contributed by atoms with Crippen LogP contribution in [0.2, 0.25) is 0 Å². The molecule has 1 aliphatic heterocycles. The molecule has 1 N–H and O–H groups in total. The van der Waals surface area contributed by atoms with Gasteiger partial charge in [0.2, 0.25) is 0 Å². The maximum Gasteiger partial charge on any atom is 0.267 e. The average molecular weight is 445 g/mol.